The van der Waals surface area contributed by atoms with E-state index in [1.807, 2.05) is 0 Å². The molecule has 0 rings (SSSR count). The van der Waals surface area contributed by atoms with Crippen molar-refractivity contribution >= 4 is 5.97 Å². The summed E-state index contributed by atoms with van der Waals surface area (Å²) >= 11 is 0. The monoisotopic (exact) mass is 506 g/mol. The van der Waals surface area contributed by atoms with Crippen LogP contribution in [0.3, 0.4) is 0 Å². The minimum absolute atomic E-state index is 0.164. The summed E-state index contributed by atoms with van der Waals surface area (Å²) in [6.45, 7) is -0.919. The number of rotatable bonds is 9. The zero-order chi connectivity index (χ0) is 26.0. The Labute approximate surface area is 172 Å². The molecule has 2 N–H and O–H groups in total. The molecule has 0 amide bonds. The van der Waals surface area contributed by atoms with Crippen molar-refractivity contribution in [3.63, 3.8) is 0 Å². The Balaban J connectivity index is 6.26. The highest BCUT2D eigenvalue weighted by molar-refractivity contribution is 5.72. The normalized spacial score (nSPS) is 15.8. The van der Waals surface area contributed by atoms with E-state index in [-0.39, 0.29) is 12.8 Å². The van der Waals surface area contributed by atoms with Crippen molar-refractivity contribution in [2.45, 2.75) is 68.7 Å². The van der Waals surface area contributed by atoms with Crippen molar-refractivity contribution in [2.75, 3.05) is 13.2 Å². The molecule has 0 bridgehead atoms. The third kappa shape index (κ3) is 5.52. The van der Waals surface area contributed by atoms with Gasteiger partial charge in [-0.05, 0) is 12.8 Å². The van der Waals surface area contributed by atoms with Crippen LogP contribution in [-0.2, 0) is 14.3 Å². The van der Waals surface area contributed by atoms with Crippen LogP contribution in [0, 0.1) is 5.92 Å². The van der Waals surface area contributed by atoms with Crippen molar-refractivity contribution in [2.24, 2.45) is 5.92 Å². The average molecular weight is 506 g/mol. The third-order valence-corrected chi connectivity index (χ3v) is 4.36. The second kappa shape index (κ2) is 9.79. The Hall–Kier alpha value is -1.49. The van der Waals surface area contributed by atoms with Gasteiger partial charge in [0.15, 0.2) is 0 Å². The number of aliphatic hydroxyl groups excluding tert-OH is 1. The molecule has 0 aromatic rings. The van der Waals surface area contributed by atoms with Crippen LogP contribution < -0.4 is 0 Å². The lowest BCUT2D eigenvalue weighted by Gasteiger charge is -2.48. The van der Waals surface area contributed by atoms with Gasteiger partial charge >= 0.3 is 41.9 Å². The lowest BCUT2D eigenvalue weighted by molar-refractivity contribution is -0.504. The highest BCUT2D eigenvalue weighted by Crippen LogP contribution is 2.61. The second-order valence-electron chi connectivity index (χ2n) is 6.49. The van der Waals surface area contributed by atoms with Crippen LogP contribution >= 0.6 is 0 Å². The van der Waals surface area contributed by atoms with Crippen LogP contribution in [0.1, 0.15) is 26.7 Å². The van der Waals surface area contributed by atoms with Gasteiger partial charge in [0.1, 0.15) is 12.7 Å². The molecule has 0 saturated heterocycles. The largest absolute Gasteiger partial charge is 0.463 e. The summed E-state index contributed by atoms with van der Waals surface area (Å²) in [6, 6.07) is 0. The minimum atomic E-state index is -7.59. The van der Waals surface area contributed by atoms with E-state index in [4.69, 9.17) is 5.11 Å². The van der Waals surface area contributed by atoms with Gasteiger partial charge in [-0.3, -0.25) is 4.79 Å². The van der Waals surface area contributed by atoms with Gasteiger partial charge < -0.3 is 19.7 Å². The Morgan fingerprint density at radius 1 is 0.750 bits per heavy atom. The number of hydrogen-bond acceptors (Lipinski definition) is 5. The molecule has 1 atom stereocenters. The predicted octanol–water partition coefficient (Wildman–Crippen LogP) is 4.06. The molecule has 0 spiro atoms. The first-order valence-corrected chi connectivity index (χ1v) is 8.53. The van der Waals surface area contributed by atoms with E-state index >= 15 is 0 Å². The van der Waals surface area contributed by atoms with Crippen LogP contribution in [0.15, 0.2) is 0 Å². The summed E-state index contributed by atoms with van der Waals surface area (Å²) < 4.78 is 164. The van der Waals surface area contributed by atoms with E-state index in [0.29, 0.717) is 0 Å². The van der Waals surface area contributed by atoms with Crippen LogP contribution in [0.2, 0.25) is 0 Å². The quantitative estimate of drug-likeness (QED) is 0.365. The topological polar surface area (TPSA) is 76.0 Å². The number of aliphatic hydroxyl groups is 2. The summed E-state index contributed by atoms with van der Waals surface area (Å²) in [5.41, 5.74) is -14.8. The number of carbonyl (C=O) groups excluding carboxylic acids is 1. The summed E-state index contributed by atoms with van der Waals surface area (Å²) in [7, 11) is 0. The van der Waals surface area contributed by atoms with Crippen molar-refractivity contribution in [1.82, 2.24) is 0 Å². The van der Waals surface area contributed by atoms with Crippen LogP contribution in [0.4, 0.5) is 52.7 Å². The first-order chi connectivity index (χ1) is 14.0. The highest BCUT2D eigenvalue weighted by Gasteiger charge is 2.94. The maximum Gasteiger partial charge on any atom is 0.430 e. The fourth-order valence-electron chi connectivity index (χ4n) is 2.59. The molecule has 0 aliphatic carbocycles. The maximum absolute atomic E-state index is 13.2. The smallest absolute Gasteiger partial charge is 0.430 e. The molecular weight excluding hydrogens is 488 g/mol. The first-order valence-electron chi connectivity index (χ1n) is 8.53. The molecule has 0 saturated carbocycles. The highest BCUT2D eigenvalue weighted by atomic mass is 19.4. The number of esters is 1. The van der Waals surface area contributed by atoms with Crippen LogP contribution in [0.25, 0.3) is 0 Å². The van der Waals surface area contributed by atoms with E-state index in [1.54, 1.807) is 0 Å². The summed E-state index contributed by atoms with van der Waals surface area (Å²) in [5, 5.41) is 18.4. The van der Waals surface area contributed by atoms with Gasteiger partial charge in [-0.2, -0.15) is 52.7 Å². The first kappa shape index (κ1) is 30.5. The summed E-state index contributed by atoms with van der Waals surface area (Å²) in [5.74, 6) is -1.90. The van der Waals surface area contributed by atoms with Gasteiger partial charge in [-0.25, -0.2) is 0 Å². The molecule has 0 radical (unpaired) electrons. The average Bonchev–Trinajstić information content (AvgIpc) is 2.56. The predicted molar refractivity (Wildman–Crippen MR) is 78.9 cm³/mol. The third-order valence-electron chi connectivity index (χ3n) is 4.36. The molecule has 0 aliphatic heterocycles. The lowest BCUT2D eigenvalue weighted by Crippen LogP contribution is -2.81. The Morgan fingerprint density at radius 2 is 1.12 bits per heavy atom. The van der Waals surface area contributed by atoms with Gasteiger partial charge in [0.25, 0.3) is 0 Å². The Kier molecular flexibility index (Phi) is 9.33. The molecule has 192 valence electrons. The van der Waals surface area contributed by atoms with Crippen molar-refractivity contribution in [3.05, 3.63) is 0 Å². The fraction of sp³-hybridized carbons (Fsp3) is 0.933. The van der Waals surface area contributed by atoms with E-state index in [2.05, 4.69) is 9.47 Å². The van der Waals surface area contributed by atoms with Crippen LogP contribution in [-0.4, -0.2) is 71.4 Å². The number of ether oxygens (including phenoxy) is 2. The molecule has 0 aliphatic rings. The molecule has 17 heteroatoms. The van der Waals surface area contributed by atoms with Crippen molar-refractivity contribution < 1.29 is 77.2 Å². The minimum Gasteiger partial charge on any atom is -0.463 e. The standard InChI is InChI=1S/C15H18F12O5/c1-3-7(4-2)9(29)31-5-8(28)6-32-11(14(22,23)24,15(25,26)27)10(30,12(16,17)18)13(19,20)21/h7-8,28,30H,3-6H2,1-2H3. The fourth-order valence-corrected chi connectivity index (χ4v) is 2.59. The molecule has 0 heterocycles. The van der Waals surface area contributed by atoms with E-state index in [1.165, 1.54) is 13.8 Å². The molecule has 0 aromatic carbocycles. The van der Waals surface area contributed by atoms with Gasteiger partial charge in [0.2, 0.25) is 0 Å². The molecule has 1 unspecified atom stereocenters. The zero-order valence-electron chi connectivity index (χ0n) is 16.1. The summed E-state index contributed by atoms with van der Waals surface area (Å²) in [4.78, 5) is 11.6. The van der Waals surface area contributed by atoms with Gasteiger partial charge in [0, 0.05) is 0 Å². The van der Waals surface area contributed by atoms with Crippen LogP contribution in [0.5, 0.6) is 0 Å². The zero-order valence-corrected chi connectivity index (χ0v) is 16.1. The molecule has 0 aromatic heterocycles. The van der Waals surface area contributed by atoms with Gasteiger partial charge in [-0.15, -0.1) is 0 Å². The van der Waals surface area contributed by atoms with Crippen molar-refractivity contribution in [1.29, 1.82) is 0 Å². The van der Waals surface area contributed by atoms with Gasteiger partial charge in [0.05, 0.1) is 12.5 Å². The van der Waals surface area contributed by atoms with Crippen molar-refractivity contribution in [3.8, 4) is 0 Å². The van der Waals surface area contributed by atoms with E-state index < -0.39 is 67.1 Å². The lowest BCUT2D eigenvalue weighted by atomic mass is 9.79. The maximum atomic E-state index is 13.2. The molecule has 32 heavy (non-hydrogen) atoms. The van der Waals surface area contributed by atoms with E-state index in [0.717, 1.165) is 0 Å². The SMILES string of the molecule is CCC(CC)C(=O)OCC(O)COC(C(F)(F)F)(C(F)(F)F)C(O)(C(F)(F)F)C(F)(F)F. The number of halogens is 12. The number of carbonyl (C=O) groups is 1. The second-order valence-corrected chi connectivity index (χ2v) is 6.49. The number of alkyl halides is 12. The Morgan fingerprint density at radius 3 is 1.41 bits per heavy atom. The van der Waals surface area contributed by atoms with E-state index in [9.17, 15) is 62.6 Å². The van der Waals surface area contributed by atoms with Gasteiger partial charge in [-0.1, -0.05) is 13.8 Å². The molecule has 5 nitrogen and oxygen atoms in total. The summed E-state index contributed by atoms with van der Waals surface area (Å²) in [6.07, 6.45) is -32.7. The molecule has 0 fully saturated rings. The Bertz CT molecular complexity index is 590. The number of hydrogen-bond donors (Lipinski definition) is 2. The molecular formula is C15H18F12O5.